The van der Waals surface area contributed by atoms with Gasteiger partial charge in [0.2, 0.25) is 0 Å². The minimum Gasteiger partial charge on any atom is -0.386 e. The van der Waals surface area contributed by atoms with Crippen LogP contribution in [0.1, 0.15) is 36.7 Å². The number of pyridine rings is 1. The zero-order valence-corrected chi connectivity index (χ0v) is 16.8. The Morgan fingerprint density at radius 3 is 2.60 bits per heavy atom. The van der Waals surface area contributed by atoms with Gasteiger partial charge in [0.25, 0.3) is 0 Å². The van der Waals surface area contributed by atoms with E-state index in [1.165, 1.54) is 6.07 Å². The molecule has 0 spiro atoms. The van der Waals surface area contributed by atoms with E-state index < -0.39 is 23.4 Å². The summed E-state index contributed by atoms with van der Waals surface area (Å²) in [7, 11) is 0. The standard InChI is InChI=1S/C21H22F3N5O/c1-12(14-5-4-6-15(7-14)21(22,23)24)26-19-17-8-16(29-10-20(3,30)11-29)9-25-18(17)13(2)27-28-19/h4-9,12,30H,10-11H2,1-3H3,(H,26,28)/t12-/m1/s1. The third-order valence-corrected chi connectivity index (χ3v) is 5.27. The van der Waals surface area contributed by atoms with Crippen molar-refractivity contribution < 1.29 is 18.3 Å². The molecule has 1 saturated heterocycles. The maximum atomic E-state index is 13.1. The fourth-order valence-corrected chi connectivity index (χ4v) is 3.66. The summed E-state index contributed by atoms with van der Waals surface area (Å²) in [5.41, 5.74) is 1.24. The quantitative estimate of drug-likeness (QED) is 0.666. The van der Waals surface area contributed by atoms with Crippen molar-refractivity contribution in [2.45, 2.75) is 38.6 Å². The van der Waals surface area contributed by atoms with Crippen LogP contribution in [0.5, 0.6) is 0 Å². The van der Waals surface area contributed by atoms with Crippen LogP contribution in [-0.4, -0.2) is 39.0 Å². The van der Waals surface area contributed by atoms with E-state index in [1.54, 1.807) is 33.0 Å². The van der Waals surface area contributed by atoms with Gasteiger partial charge < -0.3 is 15.3 Å². The Labute approximate surface area is 171 Å². The summed E-state index contributed by atoms with van der Waals surface area (Å²) in [6.07, 6.45) is -2.67. The molecule has 9 heteroatoms. The van der Waals surface area contributed by atoms with E-state index >= 15 is 0 Å². The molecule has 0 amide bonds. The first-order chi connectivity index (χ1) is 14.0. The average Bonchev–Trinajstić information content (AvgIpc) is 2.67. The number of halogens is 3. The molecule has 6 nitrogen and oxygen atoms in total. The fourth-order valence-electron chi connectivity index (χ4n) is 3.66. The van der Waals surface area contributed by atoms with Gasteiger partial charge in [0, 0.05) is 18.5 Å². The molecule has 2 aromatic heterocycles. The zero-order valence-electron chi connectivity index (χ0n) is 16.8. The highest BCUT2D eigenvalue weighted by molar-refractivity contribution is 5.92. The SMILES string of the molecule is Cc1nnc(N[C@H](C)c2cccc(C(F)(F)F)c2)c2cc(N3CC(C)(O)C3)cnc12. The summed E-state index contributed by atoms with van der Waals surface area (Å²) in [6, 6.07) is 6.71. The summed E-state index contributed by atoms with van der Waals surface area (Å²) in [4.78, 5) is 6.51. The second kappa shape index (κ2) is 7.09. The molecule has 1 aliphatic heterocycles. The van der Waals surface area contributed by atoms with Crippen molar-refractivity contribution in [3.8, 4) is 0 Å². The van der Waals surface area contributed by atoms with Crippen LogP contribution < -0.4 is 10.2 Å². The average molecular weight is 417 g/mol. The van der Waals surface area contributed by atoms with Gasteiger partial charge in [-0.1, -0.05) is 12.1 Å². The van der Waals surface area contributed by atoms with Crippen LogP contribution in [0.15, 0.2) is 36.5 Å². The van der Waals surface area contributed by atoms with E-state index in [0.29, 0.717) is 35.7 Å². The van der Waals surface area contributed by atoms with Gasteiger partial charge in [-0.2, -0.15) is 18.3 Å². The van der Waals surface area contributed by atoms with E-state index in [9.17, 15) is 18.3 Å². The zero-order chi connectivity index (χ0) is 21.7. The van der Waals surface area contributed by atoms with Crippen LogP contribution in [0, 0.1) is 6.92 Å². The molecule has 3 heterocycles. The number of benzene rings is 1. The van der Waals surface area contributed by atoms with Crippen molar-refractivity contribution in [2.24, 2.45) is 0 Å². The Hall–Kier alpha value is -2.94. The van der Waals surface area contributed by atoms with Gasteiger partial charge in [-0.25, -0.2) is 0 Å². The lowest BCUT2D eigenvalue weighted by molar-refractivity contribution is -0.137. The molecule has 1 fully saturated rings. The lowest BCUT2D eigenvalue weighted by atomic mass is 9.96. The summed E-state index contributed by atoms with van der Waals surface area (Å²) in [5.74, 6) is 0.446. The number of β-amino-alcohol motifs (C(OH)–C–C–N with tert-alkyl or cyclic N) is 1. The highest BCUT2D eigenvalue weighted by Crippen LogP contribution is 2.34. The van der Waals surface area contributed by atoms with Gasteiger partial charge in [-0.15, -0.1) is 5.10 Å². The molecule has 2 N–H and O–H groups in total. The van der Waals surface area contributed by atoms with Crippen molar-refractivity contribution in [3.63, 3.8) is 0 Å². The van der Waals surface area contributed by atoms with Gasteiger partial charge in [-0.3, -0.25) is 4.98 Å². The van der Waals surface area contributed by atoms with Crippen LogP contribution in [0.3, 0.4) is 0 Å². The highest BCUT2D eigenvalue weighted by Gasteiger charge is 2.37. The van der Waals surface area contributed by atoms with Crippen LogP contribution in [-0.2, 0) is 6.18 Å². The molecule has 158 valence electrons. The molecule has 1 aromatic carbocycles. The van der Waals surface area contributed by atoms with Crippen molar-refractivity contribution >= 4 is 22.4 Å². The summed E-state index contributed by atoms with van der Waals surface area (Å²) >= 11 is 0. The number of hydrogen-bond acceptors (Lipinski definition) is 6. The molecule has 3 aromatic rings. The third-order valence-electron chi connectivity index (χ3n) is 5.27. The second-order valence-electron chi connectivity index (χ2n) is 8.07. The lowest BCUT2D eigenvalue weighted by Gasteiger charge is -2.45. The third kappa shape index (κ3) is 3.89. The number of aromatic nitrogens is 3. The number of aliphatic hydroxyl groups is 1. The lowest BCUT2D eigenvalue weighted by Crippen LogP contribution is -2.60. The number of anilines is 2. The number of alkyl halides is 3. The van der Waals surface area contributed by atoms with E-state index in [2.05, 4.69) is 20.5 Å². The minimum absolute atomic E-state index is 0.430. The maximum absolute atomic E-state index is 13.1. The van der Waals surface area contributed by atoms with Crippen LogP contribution in [0.2, 0.25) is 0 Å². The van der Waals surface area contributed by atoms with Crippen molar-refractivity contribution in [1.82, 2.24) is 15.2 Å². The molecule has 0 saturated carbocycles. The molecule has 1 atom stereocenters. The van der Waals surface area contributed by atoms with Gasteiger partial charge in [0.05, 0.1) is 40.3 Å². The first-order valence-electron chi connectivity index (χ1n) is 9.57. The molecular weight excluding hydrogens is 395 g/mol. The predicted octanol–water partition coefficient (Wildman–Crippen LogP) is 4.10. The molecule has 1 aliphatic rings. The molecule has 0 bridgehead atoms. The van der Waals surface area contributed by atoms with Gasteiger partial charge >= 0.3 is 6.18 Å². The van der Waals surface area contributed by atoms with Gasteiger partial charge in [0.15, 0.2) is 5.82 Å². The number of hydrogen-bond donors (Lipinski definition) is 2. The minimum atomic E-state index is -4.40. The molecule has 0 radical (unpaired) electrons. The monoisotopic (exact) mass is 417 g/mol. The molecule has 4 rings (SSSR count). The second-order valence-corrected chi connectivity index (χ2v) is 8.07. The summed E-state index contributed by atoms with van der Waals surface area (Å²) < 4.78 is 39.2. The molecule has 0 aliphatic carbocycles. The maximum Gasteiger partial charge on any atom is 0.416 e. The van der Waals surface area contributed by atoms with Crippen molar-refractivity contribution in [3.05, 3.63) is 53.3 Å². The largest absolute Gasteiger partial charge is 0.416 e. The fraction of sp³-hybridized carbons (Fsp3) is 0.381. The Bertz CT molecular complexity index is 1090. The smallest absolute Gasteiger partial charge is 0.386 e. The number of nitrogens with zero attached hydrogens (tertiary/aromatic N) is 4. The topological polar surface area (TPSA) is 74.2 Å². The van der Waals surface area contributed by atoms with Crippen LogP contribution in [0.4, 0.5) is 24.7 Å². The van der Waals surface area contributed by atoms with E-state index in [1.807, 2.05) is 11.0 Å². The van der Waals surface area contributed by atoms with Gasteiger partial charge in [-0.05, 0) is 44.5 Å². The van der Waals surface area contributed by atoms with E-state index in [4.69, 9.17) is 0 Å². The number of aryl methyl sites for hydroxylation is 1. The molecule has 0 unspecified atom stereocenters. The first kappa shape index (κ1) is 20.3. The van der Waals surface area contributed by atoms with Crippen LogP contribution in [0.25, 0.3) is 10.9 Å². The Kier molecular flexibility index (Phi) is 4.80. The number of fused-ring (bicyclic) bond motifs is 1. The summed E-state index contributed by atoms with van der Waals surface area (Å²) in [5, 5.41) is 22.3. The molecular formula is C21H22F3N5O. The Balaban J connectivity index is 1.66. The predicted molar refractivity (Wildman–Crippen MR) is 108 cm³/mol. The van der Waals surface area contributed by atoms with Crippen molar-refractivity contribution in [1.29, 1.82) is 0 Å². The van der Waals surface area contributed by atoms with Crippen molar-refractivity contribution in [2.75, 3.05) is 23.3 Å². The molecule has 30 heavy (non-hydrogen) atoms. The summed E-state index contributed by atoms with van der Waals surface area (Å²) in [6.45, 7) is 6.35. The number of nitrogens with one attached hydrogen (secondary N) is 1. The van der Waals surface area contributed by atoms with E-state index in [0.717, 1.165) is 23.2 Å². The Morgan fingerprint density at radius 1 is 1.20 bits per heavy atom. The first-order valence-corrected chi connectivity index (χ1v) is 9.57. The Morgan fingerprint density at radius 2 is 1.93 bits per heavy atom. The van der Waals surface area contributed by atoms with Gasteiger partial charge in [0.1, 0.15) is 0 Å². The van der Waals surface area contributed by atoms with Crippen LogP contribution >= 0.6 is 0 Å². The normalized spacial score (nSPS) is 17.0. The number of rotatable bonds is 4. The highest BCUT2D eigenvalue weighted by atomic mass is 19.4. The van der Waals surface area contributed by atoms with E-state index in [-0.39, 0.29) is 0 Å².